The molecule has 0 unspecified atom stereocenters. The Morgan fingerprint density at radius 2 is 0.971 bits per heavy atom. The maximum absolute atomic E-state index is 6.28. The average Bonchev–Trinajstić information content (AvgIpc) is 2.87. The first-order chi connectivity index (χ1) is 17.1. The molecule has 0 spiro atoms. The van der Waals surface area contributed by atoms with Crippen molar-refractivity contribution in [2.75, 3.05) is 67.1 Å². The van der Waals surface area contributed by atoms with E-state index in [2.05, 4.69) is 63.7 Å². The van der Waals surface area contributed by atoms with Gasteiger partial charge in [0.25, 0.3) is 0 Å². The Bertz CT molecular complexity index is 910. The first-order valence-electron chi connectivity index (χ1n) is 11.0. The Hall–Kier alpha value is -0.560. The van der Waals surface area contributed by atoms with Crippen LogP contribution >= 0.6 is 63.7 Å². The van der Waals surface area contributed by atoms with E-state index in [9.17, 15) is 0 Å². The fraction of sp³-hybridized carbons (Fsp3) is 0.500. The van der Waals surface area contributed by atoms with Gasteiger partial charge in [0.05, 0.1) is 53.9 Å². The molecule has 0 saturated heterocycles. The summed E-state index contributed by atoms with van der Waals surface area (Å²) in [6, 6.07) is 3.89. The molecule has 0 fully saturated rings. The lowest BCUT2D eigenvalue weighted by Crippen LogP contribution is -2.14. The fourth-order valence-corrected chi connectivity index (χ4v) is 6.42. The molecule has 0 N–H and O–H groups in total. The van der Waals surface area contributed by atoms with Crippen molar-refractivity contribution in [1.82, 2.24) is 0 Å². The minimum absolute atomic E-state index is 0.329. The lowest BCUT2D eigenvalue weighted by molar-refractivity contribution is 0.00501. The normalized spacial score (nSPS) is 15.7. The third-order valence-corrected chi connectivity index (χ3v) is 8.20. The number of methoxy groups -OCH3 is 2. The van der Waals surface area contributed by atoms with Crippen molar-refractivity contribution in [3.05, 3.63) is 32.2 Å². The number of ether oxygens (including phenoxy) is 7. The van der Waals surface area contributed by atoms with Gasteiger partial charge >= 0.3 is 0 Å². The third-order valence-electron chi connectivity index (χ3n) is 5.19. The molecule has 0 saturated carbocycles. The topological polar surface area (TPSA) is 64.6 Å². The van der Waals surface area contributed by atoms with E-state index >= 15 is 0 Å². The van der Waals surface area contributed by atoms with E-state index in [1.807, 2.05) is 12.1 Å². The van der Waals surface area contributed by atoms with Crippen molar-refractivity contribution in [3.63, 3.8) is 0 Å². The summed E-state index contributed by atoms with van der Waals surface area (Å²) in [7, 11) is 3.25. The van der Waals surface area contributed by atoms with Crippen LogP contribution in [0.5, 0.6) is 23.0 Å². The van der Waals surface area contributed by atoms with Crippen molar-refractivity contribution >= 4 is 63.7 Å². The lowest BCUT2D eigenvalue weighted by Gasteiger charge is -2.24. The van der Waals surface area contributed by atoms with Crippen molar-refractivity contribution in [1.29, 1.82) is 0 Å². The molecule has 3 rings (SSSR count). The van der Waals surface area contributed by atoms with Gasteiger partial charge in [0.15, 0.2) is 23.0 Å². The van der Waals surface area contributed by atoms with Crippen LogP contribution in [0.2, 0.25) is 0 Å². The molecule has 0 aliphatic carbocycles. The van der Waals surface area contributed by atoms with Gasteiger partial charge in [0.1, 0.15) is 13.2 Å². The van der Waals surface area contributed by atoms with Crippen LogP contribution in [-0.2, 0) is 24.9 Å². The van der Waals surface area contributed by atoms with Gasteiger partial charge in [-0.15, -0.1) is 0 Å². The van der Waals surface area contributed by atoms with Crippen LogP contribution in [0.1, 0.15) is 11.1 Å². The predicted molar refractivity (Wildman–Crippen MR) is 149 cm³/mol. The van der Waals surface area contributed by atoms with Gasteiger partial charge < -0.3 is 33.2 Å². The molecule has 1 aliphatic rings. The van der Waals surface area contributed by atoms with Crippen molar-refractivity contribution < 1.29 is 33.2 Å². The zero-order valence-electron chi connectivity index (χ0n) is 19.6. The van der Waals surface area contributed by atoms with Crippen molar-refractivity contribution in [2.45, 2.75) is 10.7 Å². The predicted octanol–water partition coefficient (Wildman–Crippen LogP) is 6.51. The molecule has 0 radical (unpaired) electrons. The maximum atomic E-state index is 6.28. The number of hydrogen-bond donors (Lipinski definition) is 0. The summed E-state index contributed by atoms with van der Waals surface area (Å²) in [5.74, 6) is 2.35. The number of hydrogen-bond acceptors (Lipinski definition) is 7. The van der Waals surface area contributed by atoms with Crippen molar-refractivity contribution in [2.24, 2.45) is 0 Å². The van der Waals surface area contributed by atoms with Crippen LogP contribution in [0.4, 0.5) is 0 Å². The summed E-state index contributed by atoms with van der Waals surface area (Å²) in [5.41, 5.74) is 3.56. The molecule has 2 aromatic rings. The highest BCUT2D eigenvalue weighted by atomic mass is 79.9. The molecule has 0 amide bonds. The van der Waals surface area contributed by atoms with Gasteiger partial charge in [0.2, 0.25) is 0 Å². The number of benzene rings is 2. The molecule has 0 atom stereocenters. The van der Waals surface area contributed by atoms with Crippen LogP contribution in [0.25, 0.3) is 11.1 Å². The number of fused-ring (bicyclic) bond motifs is 3. The van der Waals surface area contributed by atoms with Crippen LogP contribution < -0.4 is 18.9 Å². The van der Waals surface area contributed by atoms with E-state index in [4.69, 9.17) is 33.2 Å². The molecule has 2 aromatic carbocycles. The van der Waals surface area contributed by atoms with Crippen molar-refractivity contribution in [3.8, 4) is 34.1 Å². The molecule has 35 heavy (non-hydrogen) atoms. The smallest absolute Gasteiger partial charge is 0.170 e. The number of alkyl halides is 2. The number of halogens is 4. The van der Waals surface area contributed by atoms with Gasteiger partial charge in [-0.05, 0) is 55.1 Å². The van der Waals surface area contributed by atoms with E-state index < -0.39 is 0 Å². The molecule has 11 heteroatoms. The Balaban J connectivity index is 2.24. The Kier molecular flexibility index (Phi) is 12.4. The molecule has 0 bridgehead atoms. The van der Waals surface area contributed by atoms with E-state index in [1.54, 1.807) is 14.2 Å². The average molecular weight is 748 g/mol. The van der Waals surface area contributed by atoms with Crippen LogP contribution in [0.15, 0.2) is 21.1 Å². The van der Waals surface area contributed by atoms with E-state index in [-0.39, 0.29) is 0 Å². The molecule has 7 nitrogen and oxygen atoms in total. The molecule has 1 aliphatic heterocycles. The maximum Gasteiger partial charge on any atom is 0.170 e. The van der Waals surface area contributed by atoms with E-state index in [1.165, 1.54) is 0 Å². The first kappa shape index (κ1) is 29.0. The molecule has 1 heterocycles. The second-order valence-corrected chi connectivity index (χ2v) is 10.0. The van der Waals surface area contributed by atoms with Gasteiger partial charge in [-0.25, -0.2) is 0 Å². The Morgan fingerprint density at radius 1 is 0.629 bits per heavy atom. The molecule has 194 valence electrons. The number of rotatable bonds is 4. The summed E-state index contributed by atoms with van der Waals surface area (Å²) in [6.45, 7) is 3.39. The van der Waals surface area contributed by atoms with E-state index in [0.29, 0.717) is 86.5 Å². The zero-order chi connectivity index (χ0) is 25.2. The van der Waals surface area contributed by atoms with Gasteiger partial charge in [-0.1, -0.05) is 31.9 Å². The standard InChI is InChI=1S/C24H28Br4O7/c1-29-17-11-15(13-25)21(27)19-20-22(28)16(14-26)12-18(30-2)24(20)35-10-8-33-6-4-31-3-5-32-7-9-34-23(17)19/h11-12H,3-10,13-14H2,1-2H3. The third kappa shape index (κ3) is 7.27. The van der Waals surface area contributed by atoms with E-state index in [0.717, 1.165) is 31.2 Å². The second-order valence-electron chi connectivity index (χ2n) is 7.31. The minimum Gasteiger partial charge on any atom is -0.493 e. The van der Waals surface area contributed by atoms with Crippen LogP contribution in [0.3, 0.4) is 0 Å². The Morgan fingerprint density at radius 3 is 1.29 bits per heavy atom. The summed E-state index contributed by atoms with van der Waals surface area (Å²) < 4.78 is 42.7. The van der Waals surface area contributed by atoms with Crippen LogP contribution in [-0.4, -0.2) is 67.1 Å². The zero-order valence-corrected chi connectivity index (χ0v) is 25.9. The first-order valence-corrected chi connectivity index (χ1v) is 14.8. The molecular formula is C24H28Br4O7. The summed E-state index contributed by atoms with van der Waals surface area (Å²) >= 11 is 14.8. The second kappa shape index (κ2) is 15.0. The summed E-state index contributed by atoms with van der Waals surface area (Å²) in [6.07, 6.45) is 0. The highest BCUT2D eigenvalue weighted by molar-refractivity contribution is 9.11. The van der Waals surface area contributed by atoms with Crippen LogP contribution in [0, 0.1) is 0 Å². The van der Waals surface area contributed by atoms with Gasteiger partial charge in [-0.3, -0.25) is 0 Å². The fourth-order valence-electron chi connectivity index (χ4n) is 3.52. The Labute approximate surface area is 239 Å². The lowest BCUT2D eigenvalue weighted by atomic mass is 9.98. The minimum atomic E-state index is 0.329. The van der Waals surface area contributed by atoms with Gasteiger partial charge in [-0.2, -0.15) is 0 Å². The monoisotopic (exact) mass is 744 g/mol. The van der Waals surface area contributed by atoms with Gasteiger partial charge in [0, 0.05) is 30.7 Å². The highest BCUT2D eigenvalue weighted by Gasteiger charge is 2.28. The SMILES string of the molecule is COc1cc(CBr)c(Br)c2c1OCCOCCOCCOCCOc1c(OC)cc(CBr)c(Br)c1-2. The highest BCUT2D eigenvalue weighted by Crippen LogP contribution is 2.54. The summed E-state index contributed by atoms with van der Waals surface area (Å²) in [4.78, 5) is 0. The molecule has 0 aromatic heterocycles. The molecular weight excluding hydrogens is 720 g/mol. The largest absolute Gasteiger partial charge is 0.493 e. The summed E-state index contributed by atoms with van der Waals surface area (Å²) in [5, 5.41) is 1.22. The quantitative estimate of drug-likeness (QED) is 0.331.